The number of Topliss-reactive ketones (excluding diaryl/α,β-unsaturated/α-hetero) is 1. The number of hydrogen-bond acceptors (Lipinski definition) is 5. The zero-order valence-electron chi connectivity index (χ0n) is 23.1. The maximum atomic E-state index is 12.9. The molecule has 1 aliphatic heterocycles. The number of rotatable bonds is 14. The van der Waals surface area contributed by atoms with E-state index in [1.807, 2.05) is 65.0 Å². The first kappa shape index (κ1) is 31.5. The van der Waals surface area contributed by atoms with Gasteiger partial charge in [0.1, 0.15) is 11.9 Å². The molecule has 36 heavy (non-hydrogen) atoms. The molecule has 2 N–H and O–H groups in total. The maximum Gasteiger partial charge on any atom is 0.331 e. The largest absolute Gasteiger partial charge is 0.455 e. The highest BCUT2D eigenvalue weighted by molar-refractivity contribution is 5.85. The summed E-state index contributed by atoms with van der Waals surface area (Å²) in [5.41, 5.74) is 3.16. The molecule has 0 saturated carbocycles. The summed E-state index contributed by atoms with van der Waals surface area (Å²) in [6.07, 6.45) is 18.6. The number of hydrogen-bond donors (Lipinski definition) is 2. The highest BCUT2D eigenvalue weighted by atomic mass is 16.5. The molecule has 0 spiro atoms. The first-order valence-electron chi connectivity index (χ1n) is 13.0. The normalized spacial score (nSPS) is 22.0. The molecule has 0 aromatic heterocycles. The molecule has 1 heterocycles. The summed E-state index contributed by atoms with van der Waals surface area (Å²) in [4.78, 5) is 24.2. The summed E-state index contributed by atoms with van der Waals surface area (Å²) in [5, 5.41) is 19.7. The van der Waals surface area contributed by atoms with Gasteiger partial charge in [-0.15, -0.1) is 0 Å². The van der Waals surface area contributed by atoms with E-state index in [1.165, 1.54) is 6.08 Å². The fourth-order valence-corrected chi connectivity index (χ4v) is 4.43. The lowest BCUT2D eigenvalue weighted by molar-refractivity contribution is -0.141. The minimum atomic E-state index is -0.724. The Morgan fingerprint density at radius 3 is 2.42 bits per heavy atom. The Morgan fingerprint density at radius 1 is 1.11 bits per heavy atom. The number of cyclic esters (lactones) is 1. The lowest BCUT2D eigenvalue weighted by Gasteiger charge is -2.25. The van der Waals surface area contributed by atoms with E-state index in [9.17, 15) is 14.7 Å². The van der Waals surface area contributed by atoms with Crippen molar-refractivity contribution in [3.8, 4) is 0 Å². The predicted molar refractivity (Wildman–Crippen MR) is 147 cm³/mol. The highest BCUT2D eigenvalue weighted by Crippen LogP contribution is 2.24. The topological polar surface area (TPSA) is 83.8 Å². The Hall–Kier alpha value is -2.50. The van der Waals surface area contributed by atoms with Crippen LogP contribution in [0.15, 0.2) is 71.4 Å². The van der Waals surface area contributed by atoms with Crippen molar-refractivity contribution in [3.63, 3.8) is 0 Å². The van der Waals surface area contributed by atoms with Gasteiger partial charge in [0.2, 0.25) is 0 Å². The molecule has 0 aromatic rings. The molecule has 0 unspecified atom stereocenters. The molecule has 0 amide bonds. The van der Waals surface area contributed by atoms with Crippen LogP contribution in [0.3, 0.4) is 0 Å². The van der Waals surface area contributed by atoms with Crippen LogP contribution in [-0.2, 0) is 14.3 Å². The van der Waals surface area contributed by atoms with Gasteiger partial charge in [-0.1, -0.05) is 86.9 Å². The van der Waals surface area contributed by atoms with Crippen LogP contribution in [0.1, 0.15) is 67.7 Å². The minimum absolute atomic E-state index is 0.0134. The van der Waals surface area contributed by atoms with Crippen molar-refractivity contribution in [2.24, 2.45) is 23.7 Å². The summed E-state index contributed by atoms with van der Waals surface area (Å²) in [6.45, 7) is 13.7. The van der Waals surface area contributed by atoms with Crippen LogP contribution in [0.2, 0.25) is 0 Å². The zero-order valence-corrected chi connectivity index (χ0v) is 23.1. The molecular weight excluding hydrogens is 452 g/mol. The van der Waals surface area contributed by atoms with Gasteiger partial charge >= 0.3 is 5.97 Å². The fourth-order valence-electron chi connectivity index (χ4n) is 4.43. The van der Waals surface area contributed by atoms with Gasteiger partial charge in [-0.25, -0.2) is 4.79 Å². The van der Waals surface area contributed by atoms with Crippen molar-refractivity contribution < 1.29 is 24.5 Å². The Balaban J connectivity index is 2.59. The van der Waals surface area contributed by atoms with Gasteiger partial charge in [0, 0.05) is 24.3 Å². The third-order valence-electron chi connectivity index (χ3n) is 6.49. The van der Waals surface area contributed by atoms with Crippen molar-refractivity contribution in [2.75, 3.05) is 6.61 Å². The van der Waals surface area contributed by atoms with E-state index in [1.54, 1.807) is 13.0 Å². The molecule has 200 valence electrons. The third-order valence-corrected chi connectivity index (χ3v) is 6.49. The summed E-state index contributed by atoms with van der Waals surface area (Å²) < 4.78 is 5.24. The second-order valence-corrected chi connectivity index (χ2v) is 10.3. The van der Waals surface area contributed by atoms with Crippen molar-refractivity contribution >= 4 is 11.8 Å². The van der Waals surface area contributed by atoms with Crippen molar-refractivity contribution in [1.82, 2.24) is 0 Å². The number of allylic oxidation sites excluding steroid dienone is 8. The monoisotopic (exact) mass is 498 g/mol. The fraction of sp³-hybridized carbons (Fsp3) is 0.548. The smallest absolute Gasteiger partial charge is 0.331 e. The quantitative estimate of drug-likeness (QED) is 0.173. The van der Waals surface area contributed by atoms with E-state index in [0.29, 0.717) is 18.8 Å². The number of esters is 1. The van der Waals surface area contributed by atoms with E-state index in [-0.39, 0.29) is 36.3 Å². The van der Waals surface area contributed by atoms with Crippen molar-refractivity contribution in [3.05, 3.63) is 71.4 Å². The zero-order chi connectivity index (χ0) is 27.3. The summed E-state index contributed by atoms with van der Waals surface area (Å²) in [6, 6.07) is 0. The average Bonchev–Trinajstić information content (AvgIpc) is 2.81. The summed E-state index contributed by atoms with van der Waals surface area (Å²) in [5.74, 6) is -0.729. The van der Waals surface area contributed by atoms with Crippen LogP contribution >= 0.6 is 0 Å². The number of ketones is 1. The highest BCUT2D eigenvalue weighted by Gasteiger charge is 2.29. The van der Waals surface area contributed by atoms with E-state index < -0.39 is 12.0 Å². The Bertz CT molecular complexity index is 902. The molecule has 1 rings (SSSR count). The maximum absolute atomic E-state index is 12.9. The van der Waals surface area contributed by atoms with Gasteiger partial charge in [0.25, 0.3) is 0 Å². The van der Waals surface area contributed by atoms with Gasteiger partial charge in [0.05, 0.1) is 12.7 Å². The molecule has 0 fully saturated rings. The summed E-state index contributed by atoms with van der Waals surface area (Å²) >= 11 is 0. The SMILES string of the molecule is CC(=C/[C@H](C)C/C=C/C(C)=C/[C@@H](C)C(=O)[C@@H](C)[C@H](O)[C@@H](C)C/C(C)=C/CO)/C=C/[C@H]1CC=CC(=O)O1. The van der Waals surface area contributed by atoms with E-state index >= 15 is 0 Å². The van der Waals surface area contributed by atoms with Crippen molar-refractivity contribution in [2.45, 2.75) is 79.9 Å². The Labute approximate surface area is 218 Å². The van der Waals surface area contributed by atoms with Gasteiger partial charge < -0.3 is 14.9 Å². The summed E-state index contributed by atoms with van der Waals surface area (Å²) in [7, 11) is 0. The number of carbonyl (C=O) groups is 2. The number of carbonyl (C=O) groups excluding carboxylic acids is 2. The molecule has 0 aliphatic carbocycles. The second kappa shape index (κ2) is 16.3. The molecule has 0 bridgehead atoms. The van der Waals surface area contributed by atoms with Gasteiger partial charge in [0.15, 0.2) is 0 Å². The first-order chi connectivity index (χ1) is 16.9. The number of aliphatic hydroxyl groups is 2. The van der Waals surface area contributed by atoms with Crippen LogP contribution < -0.4 is 0 Å². The van der Waals surface area contributed by atoms with Crippen LogP contribution in [0.4, 0.5) is 0 Å². The minimum Gasteiger partial charge on any atom is -0.455 e. The van der Waals surface area contributed by atoms with E-state index in [2.05, 4.69) is 19.1 Å². The molecule has 5 heteroatoms. The van der Waals surface area contributed by atoms with E-state index in [4.69, 9.17) is 9.84 Å². The predicted octanol–water partition coefficient (Wildman–Crippen LogP) is 6.06. The molecule has 0 saturated heterocycles. The lowest BCUT2D eigenvalue weighted by Crippen LogP contribution is -2.34. The third kappa shape index (κ3) is 12.0. The molecule has 5 nitrogen and oxygen atoms in total. The van der Waals surface area contributed by atoms with Crippen LogP contribution in [-0.4, -0.2) is 40.8 Å². The number of ether oxygens (including phenoxy) is 1. The molecule has 1 aliphatic rings. The Morgan fingerprint density at radius 2 is 1.78 bits per heavy atom. The molecule has 0 radical (unpaired) electrons. The Kier molecular flexibility index (Phi) is 14.3. The lowest BCUT2D eigenvalue weighted by atomic mass is 9.83. The number of aliphatic hydroxyl groups excluding tert-OH is 2. The van der Waals surface area contributed by atoms with Gasteiger partial charge in [-0.3, -0.25) is 4.79 Å². The van der Waals surface area contributed by atoms with Crippen molar-refractivity contribution in [1.29, 1.82) is 0 Å². The van der Waals surface area contributed by atoms with Crippen LogP contribution in [0.5, 0.6) is 0 Å². The first-order valence-corrected chi connectivity index (χ1v) is 13.0. The van der Waals surface area contributed by atoms with Crippen LogP contribution in [0.25, 0.3) is 0 Å². The van der Waals surface area contributed by atoms with E-state index in [0.717, 1.165) is 23.1 Å². The average molecular weight is 499 g/mol. The standard InChI is InChI=1S/C31H46O5/c1-21(18-23(3)14-15-28-12-9-13-29(33)36-28)10-8-11-22(2)19-25(5)30(34)27(7)31(35)26(6)20-24(4)16-17-32/h8-9,11,13-16,18-19,21,25-28,31-32,35H,10,12,17,20H2,1-7H3/b11-8+,15-14+,22-19+,23-18-,24-16+/t21-,25-,26+,27-,28-,31-/m1/s1. The molecule has 6 atom stereocenters. The van der Waals surface area contributed by atoms with Gasteiger partial charge in [-0.05, 0) is 51.5 Å². The molecule has 0 aromatic carbocycles. The second-order valence-electron chi connectivity index (χ2n) is 10.3. The van der Waals surface area contributed by atoms with Crippen LogP contribution in [0, 0.1) is 23.7 Å². The molecular formula is C31H46O5. The van der Waals surface area contributed by atoms with Gasteiger partial charge in [-0.2, -0.15) is 0 Å².